The number of carbonyl (C=O) groups is 1. The molecule has 1 saturated heterocycles. The average Bonchev–Trinajstić information content (AvgIpc) is 2.76. The maximum atomic E-state index is 11.7. The van der Waals surface area contributed by atoms with Crippen LogP contribution in [0.3, 0.4) is 0 Å². The summed E-state index contributed by atoms with van der Waals surface area (Å²) in [6, 6.07) is 7.34. The number of β-amino-alcohol motifs (C(OH)–C–C–N with tert-alkyl or cyclic N) is 1. The molecule has 0 bridgehead atoms. The Morgan fingerprint density at radius 3 is 3.06 bits per heavy atom. The number of aliphatic hydroxyl groups is 1. The zero-order valence-electron chi connectivity index (χ0n) is 10.0. The molecule has 1 heterocycles. The fraction of sp³-hybridized carbons (Fsp3) is 0.462. The van der Waals surface area contributed by atoms with Gasteiger partial charge in [0.05, 0.1) is 12.1 Å². The Bertz CT molecular complexity index is 425. The molecule has 2 rings (SSSR count). The lowest BCUT2D eigenvalue weighted by Crippen LogP contribution is -2.41. The molecule has 1 aromatic carbocycles. The number of rotatable bonds is 4. The molecule has 98 valence electrons. The van der Waals surface area contributed by atoms with Crippen LogP contribution in [0.15, 0.2) is 24.3 Å². The van der Waals surface area contributed by atoms with Crippen LogP contribution in [0, 0.1) is 0 Å². The highest BCUT2D eigenvalue weighted by atomic mass is 35.5. The molecule has 0 radical (unpaired) electrons. The van der Waals surface area contributed by atoms with E-state index >= 15 is 0 Å². The van der Waals surface area contributed by atoms with E-state index in [0.717, 1.165) is 12.0 Å². The summed E-state index contributed by atoms with van der Waals surface area (Å²) < 4.78 is 0. The van der Waals surface area contributed by atoms with E-state index in [0.29, 0.717) is 24.5 Å². The average molecular weight is 269 g/mol. The van der Waals surface area contributed by atoms with Crippen molar-refractivity contribution in [2.45, 2.75) is 25.0 Å². The molecule has 1 amide bonds. The quantitative estimate of drug-likeness (QED) is 0.754. The van der Waals surface area contributed by atoms with Crippen molar-refractivity contribution in [3.8, 4) is 0 Å². The van der Waals surface area contributed by atoms with Crippen LogP contribution < -0.4 is 10.6 Å². The molecule has 1 fully saturated rings. The van der Waals surface area contributed by atoms with E-state index in [1.54, 1.807) is 0 Å². The third kappa shape index (κ3) is 3.70. The Kier molecular flexibility index (Phi) is 4.58. The van der Waals surface area contributed by atoms with Gasteiger partial charge in [-0.3, -0.25) is 4.79 Å². The van der Waals surface area contributed by atoms with Crippen molar-refractivity contribution in [3.05, 3.63) is 34.9 Å². The number of aliphatic hydroxyl groups excluding tert-OH is 1. The highest BCUT2D eigenvalue weighted by Crippen LogP contribution is 2.11. The molecule has 1 aromatic rings. The molecule has 1 aliphatic rings. The highest BCUT2D eigenvalue weighted by molar-refractivity contribution is 6.30. The summed E-state index contributed by atoms with van der Waals surface area (Å²) in [6.07, 6.45) is 0.832. The Balaban J connectivity index is 1.73. The van der Waals surface area contributed by atoms with Crippen molar-refractivity contribution in [1.29, 1.82) is 0 Å². The molecule has 1 aliphatic heterocycles. The fourth-order valence-electron chi connectivity index (χ4n) is 2.06. The number of hydrogen-bond acceptors (Lipinski definition) is 3. The van der Waals surface area contributed by atoms with Gasteiger partial charge in [0.2, 0.25) is 5.91 Å². The minimum absolute atomic E-state index is 0.0476. The molecule has 3 N–H and O–H groups in total. The second-order valence-electron chi connectivity index (χ2n) is 4.52. The minimum atomic E-state index is -0.409. The Morgan fingerprint density at radius 2 is 2.39 bits per heavy atom. The Labute approximate surface area is 111 Å². The van der Waals surface area contributed by atoms with E-state index in [1.807, 2.05) is 24.3 Å². The van der Waals surface area contributed by atoms with Crippen molar-refractivity contribution < 1.29 is 9.90 Å². The van der Waals surface area contributed by atoms with Crippen molar-refractivity contribution >= 4 is 17.5 Å². The normalized spacial score (nSPS) is 23.0. The number of hydrogen-bond donors (Lipinski definition) is 3. The van der Waals surface area contributed by atoms with E-state index in [-0.39, 0.29) is 11.9 Å². The minimum Gasteiger partial charge on any atom is -0.392 e. The predicted octanol–water partition coefficient (Wildman–Crippen LogP) is 0.721. The summed E-state index contributed by atoms with van der Waals surface area (Å²) in [6.45, 7) is 1.07. The Hall–Kier alpha value is -1.10. The SMILES string of the molecule is O=C(NCCc1cccc(Cl)c1)[C@H]1C[C@@H](O)CN1. The van der Waals surface area contributed by atoms with E-state index in [4.69, 9.17) is 11.6 Å². The van der Waals surface area contributed by atoms with Crippen molar-refractivity contribution in [1.82, 2.24) is 10.6 Å². The zero-order valence-corrected chi connectivity index (χ0v) is 10.8. The van der Waals surface area contributed by atoms with E-state index in [1.165, 1.54) is 0 Å². The summed E-state index contributed by atoms with van der Waals surface area (Å²) in [7, 11) is 0. The monoisotopic (exact) mass is 268 g/mol. The summed E-state index contributed by atoms with van der Waals surface area (Å²) in [5.41, 5.74) is 1.10. The zero-order chi connectivity index (χ0) is 13.0. The van der Waals surface area contributed by atoms with Gasteiger partial charge in [-0.25, -0.2) is 0 Å². The standard InChI is InChI=1S/C13H17ClN2O2/c14-10-3-1-2-9(6-10)4-5-15-13(18)12-7-11(17)8-16-12/h1-3,6,11-12,16-17H,4-5,7-8H2,(H,15,18)/t11-,12-/m1/s1. The summed E-state index contributed by atoms with van der Waals surface area (Å²) in [5, 5.41) is 15.9. The van der Waals surface area contributed by atoms with Crippen LogP contribution >= 0.6 is 11.6 Å². The number of nitrogens with one attached hydrogen (secondary N) is 2. The van der Waals surface area contributed by atoms with Gasteiger partial charge in [-0.15, -0.1) is 0 Å². The highest BCUT2D eigenvalue weighted by Gasteiger charge is 2.27. The van der Waals surface area contributed by atoms with Gasteiger partial charge in [0, 0.05) is 18.1 Å². The third-order valence-electron chi connectivity index (χ3n) is 3.03. The van der Waals surface area contributed by atoms with Crippen LogP contribution in [0.5, 0.6) is 0 Å². The molecular formula is C13H17ClN2O2. The predicted molar refractivity (Wildman–Crippen MR) is 70.6 cm³/mol. The second kappa shape index (κ2) is 6.18. The third-order valence-corrected chi connectivity index (χ3v) is 3.26. The van der Waals surface area contributed by atoms with Crippen LogP contribution in [-0.2, 0) is 11.2 Å². The van der Waals surface area contributed by atoms with Gasteiger partial charge in [-0.05, 0) is 30.5 Å². The van der Waals surface area contributed by atoms with Gasteiger partial charge in [0.15, 0.2) is 0 Å². The molecule has 0 unspecified atom stereocenters. The Morgan fingerprint density at radius 1 is 1.56 bits per heavy atom. The first-order chi connectivity index (χ1) is 8.65. The topological polar surface area (TPSA) is 61.4 Å². The van der Waals surface area contributed by atoms with Gasteiger partial charge < -0.3 is 15.7 Å². The van der Waals surface area contributed by atoms with Crippen molar-refractivity contribution in [2.75, 3.05) is 13.1 Å². The number of benzene rings is 1. The molecule has 0 spiro atoms. The number of amides is 1. The number of halogens is 1. The van der Waals surface area contributed by atoms with E-state index in [2.05, 4.69) is 10.6 Å². The first kappa shape index (κ1) is 13.3. The maximum absolute atomic E-state index is 11.7. The summed E-state index contributed by atoms with van der Waals surface area (Å²) in [5.74, 6) is -0.0476. The smallest absolute Gasteiger partial charge is 0.237 e. The molecule has 0 aromatic heterocycles. The van der Waals surface area contributed by atoms with Gasteiger partial charge in [0.1, 0.15) is 0 Å². The van der Waals surface area contributed by atoms with Gasteiger partial charge >= 0.3 is 0 Å². The van der Waals surface area contributed by atoms with E-state index < -0.39 is 6.10 Å². The summed E-state index contributed by atoms with van der Waals surface area (Å²) >= 11 is 5.88. The largest absolute Gasteiger partial charge is 0.392 e. The molecule has 4 nitrogen and oxygen atoms in total. The second-order valence-corrected chi connectivity index (χ2v) is 4.96. The van der Waals surface area contributed by atoms with Crippen LogP contribution in [0.25, 0.3) is 0 Å². The molecular weight excluding hydrogens is 252 g/mol. The van der Waals surface area contributed by atoms with Gasteiger partial charge in [-0.2, -0.15) is 0 Å². The van der Waals surface area contributed by atoms with Crippen LogP contribution in [0.4, 0.5) is 0 Å². The van der Waals surface area contributed by atoms with E-state index in [9.17, 15) is 9.90 Å². The lowest BCUT2D eigenvalue weighted by molar-refractivity contribution is -0.122. The van der Waals surface area contributed by atoms with Crippen molar-refractivity contribution in [2.24, 2.45) is 0 Å². The van der Waals surface area contributed by atoms with Gasteiger partial charge in [-0.1, -0.05) is 23.7 Å². The molecule has 0 aliphatic carbocycles. The molecule has 0 saturated carbocycles. The molecule has 18 heavy (non-hydrogen) atoms. The van der Waals surface area contributed by atoms with Crippen molar-refractivity contribution in [3.63, 3.8) is 0 Å². The van der Waals surface area contributed by atoms with Crippen LogP contribution in [0.1, 0.15) is 12.0 Å². The molecule has 5 heteroatoms. The van der Waals surface area contributed by atoms with Crippen LogP contribution in [-0.4, -0.2) is 36.2 Å². The first-order valence-corrected chi connectivity index (χ1v) is 6.46. The first-order valence-electron chi connectivity index (χ1n) is 6.09. The maximum Gasteiger partial charge on any atom is 0.237 e. The fourth-order valence-corrected chi connectivity index (χ4v) is 2.28. The molecule has 2 atom stereocenters. The van der Waals surface area contributed by atoms with Gasteiger partial charge in [0.25, 0.3) is 0 Å². The summed E-state index contributed by atoms with van der Waals surface area (Å²) in [4.78, 5) is 11.7. The lowest BCUT2D eigenvalue weighted by Gasteiger charge is -2.11. The lowest BCUT2D eigenvalue weighted by atomic mass is 10.1. The number of carbonyl (C=O) groups excluding carboxylic acids is 1. The van der Waals surface area contributed by atoms with Crippen LogP contribution in [0.2, 0.25) is 5.02 Å².